The molecule has 0 aromatic rings. The number of hydrogen-bond acceptors (Lipinski definition) is 3. The molecule has 0 amide bonds. The van der Waals surface area contributed by atoms with Crippen molar-refractivity contribution in [3.63, 3.8) is 0 Å². The maximum Gasteiger partial charge on any atom is 0.459 e. The summed E-state index contributed by atoms with van der Waals surface area (Å²) in [6.45, 7) is 0. The van der Waals surface area contributed by atoms with E-state index in [1.807, 2.05) is 0 Å². The largest absolute Gasteiger partial charge is 0.748 e. The van der Waals surface area contributed by atoms with Gasteiger partial charge in [0.15, 0.2) is 0 Å². The molecule has 0 rings (SSSR count). The highest BCUT2D eigenvalue weighted by atomic mass is 32.2. The van der Waals surface area contributed by atoms with Crippen molar-refractivity contribution in [1.82, 2.24) is 0 Å². The fraction of sp³-hybridized carbons (Fsp3) is 1.00. The van der Waals surface area contributed by atoms with Crippen LogP contribution in [0.15, 0.2) is 0 Å². The molecule has 0 bridgehead atoms. The van der Waals surface area contributed by atoms with Crippen molar-refractivity contribution in [1.29, 1.82) is 0 Å². The predicted octanol–water partition coefficient (Wildman–Crippen LogP) is 1.36. The zero-order valence-electron chi connectivity index (χ0n) is 6.49. The first-order chi connectivity index (χ1) is 6.21. The van der Waals surface area contributed by atoms with Gasteiger partial charge in [0.2, 0.25) is 0 Å². The summed E-state index contributed by atoms with van der Waals surface area (Å²) in [5.74, 6) is -15.7. The van der Waals surface area contributed by atoms with Crippen LogP contribution in [-0.2, 0) is 10.1 Å². The van der Waals surface area contributed by atoms with Gasteiger partial charge in [-0.2, -0.15) is 30.7 Å². The van der Waals surface area contributed by atoms with E-state index >= 15 is 0 Å². The number of hydrogen-bond donors (Lipinski definition) is 0. The number of alkyl halides is 7. The monoisotopic (exact) mass is 263 g/mol. The summed E-state index contributed by atoms with van der Waals surface area (Å²) in [6, 6.07) is 0. The van der Waals surface area contributed by atoms with E-state index in [0.29, 0.717) is 0 Å². The zero-order chi connectivity index (χ0) is 12.7. The Morgan fingerprint density at radius 3 is 1.47 bits per heavy atom. The Morgan fingerprint density at radius 2 is 1.27 bits per heavy atom. The first-order valence-electron chi connectivity index (χ1n) is 2.97. The first kappa shape index (κ1) is 14.4. The van der Waals surface area contributed by atoms with Crippen LogP contribution in [0.4, 0.5) is 30.7 Å². The Bertz CT molecular complexity index is 329. The molecule has 0 aliphatic rings. The first-order valence-corrected chi connectivity index (χ1v) is 4.54. The SMILES string of the molecule is O=S(=O)([O-])CC(F)(F)C(F)(F)C(F)(F)F. The Balaban J connectivity index is 5.21. The van der Waals surface area contributed by atoms with E-state index in [1.165, 1.54) is 0 Å². The average Bonchev–Trinajstić information content (AvgIpc) is 1.77. The predicted molar refractivity (Wildman–Crippen MR) is 30.5 cm³/mol. The fourth-order valence-electron chi connectivity index (χ4n) is 0.520. The van der Waals surface area contributed by atoms with Gasteiger partial charge in [0.05, 0.1) is 0 Å². The van der Waals surface area contributed by atoms with Gasteiger partial charge in [-0.05, 0) is 0 Å². The van der Waals surface area contributed by atoms with Gasteiger partial charge >= 0.3 is 18.0 Å². The van der Waals surface area contributed by atoms with E-state index in [2.05, 4.69) is 0 Å². The third-order valence-electron chi connectivity index (χ3n) is 1.17. The topological polar surface area (TPSA) is 57.2 Å². The molecule has 0 radical (unpaired) electrons. The molecule has 0 aliphatic heterocycles. The normalized spacial score (nSPS) is 15.5. The van der Waals surface area contributed by atoms with Crippen molar-refractivity contribution in [2.45, 2.75) is 18.0 Å². The van der Waals surface area contributed by atoms with Crippen LogP contribution < -0.4 is 0 Å². The van der Waals surface area contributed by atoms with Crippen LogP contribution in [0.25, 0.3) is 0 Å². The van der Waals surface area contributed by atoms with Crippen LogP contribution in [0.3, 0.4) is 0 Å². The second-order valence-electron chi connectivity index (χ2n) is 2.48. The maximum absolute atomic E-state index is 12.1. The summed E-state index contributed by atoms with van der Waals surface area (Å²) in [5.41, 5.74) is 0. The molecule has 15 heavy (non-hydrogen) atoms. The van der Waals surface area contributed by atoms with Crippen molar-refractivity contribution in [2.24, 2.45) is 0 Å². The highest BCUT2D eigenvalue weighted by Crippen LogP contribution is 2.46. The van der Waals surface area contributed by atoms with E-state index in [9.17, 15) is 43.7 Å². The smallest absolute Gasteiger partial charge is 0.459 e. The van der Waals surface area contributed by atoms with Crippen molar-refractivity contribution >= 4 is 10.1 Å². The lowest BCUT2D eigenvalue weighted by molar-refractivity contribution is -0.348. The van der Waals surface area contributed by atoms with E-state index in [4.69, 9.17) is 0 Å². The lowest BCUT2D eigenvalue weighted by Gasteiger charge is -2.28. The number of halogens is 7. The third kappa shape index (κ3) is 3.19. The van der Waals surface area contributed by atoms with E-state index in [0.717, 1.165) is 0 Å². The third-order valence-corrected chi connectivity index (χ3v) is 1.89. The minimum absolute atomic E-state index is 3.12. The molecule has 0 heterocycles. The molecule has 0 aliphatic carbocycles. The number of rotatable bonds is 3. The molecule has 0 spiro atoms. The van der Waals surface area contributed by atoms with E-state index in [1.54, 1.807) is 0 Å². The van der Waals surface area contributed by atoms with Gasteiger partial charge in [-0.3, -0.25) is 0 Å². The van der Waals surface area contributed by atoms with E-state index in [-0.39, 0.29) is 0 Å². The molecule has 0 saturated carbocycles. The van der Waals surface area contributed by atoms with Crippen LogP contribution >= 0.6 is 0 Å². The van der Waals surface area contributed by atoms with Gasteiger partial charge < -0.3 is 4.55 Å². The summed E-state index contributed by atoms with van der Waals surface area (Å²) in [7, 11) is -5.91. The van der Waals surface area contributed by atoms with Gasteiger partial charge in [0.1, 0.15) is 15.9 Å². The lowest BCUT2D eigenvalue weighted by Crippen LogP contribution is -2.55. The Kier molecular flexibility index (Phi) is 3.34. The molecule has 92 valence electrons. The van der Waals surface area contributed by atoms with Crippen molar-refractivity contribution < 1.29 is 43.7 Å². The van der Waals surface area contributed by atoms with Crippen molar-refractivity contribution in [2.75, 3.05) is 5.75 Å². The molecule has 0 aromatic heterocycles. The summed E-state index contributed by atoms with van der Waals surface area (Å²) in [4.78, 5) is 0. The molecular weight excluding hydrogens is 261 g/mol. The van der Waals surface area contributed by atoms with Gasteiger partial charge in [-0.1, -0.05) is 0 Å². The Morgan fingerprint density at radius 1 is 0.933 bits per heavy atom. The van der Waals surface area contributed by atoms with Crippen LogP contribution in [0.5, 0.6) is 0 Å². The van der Waals surface area contributed by atoms with Crippen LogP contribution in [0.1, 0.15) is 0 Å². The molecule has 11 heteroatoms. The summed E-state index contributed by atoms with van der Waals surface area (Å²) in [6.07, 6.45) is -6.64. The highest BCUT2D eigenvalue weighted by Gasteiger charge is 2.73. The molecular formula is C4H2F7O3S-. The van der Waals surface area contributed by atoms with Crippen molar-refractivity contribution in [3.05, 3.63) is 0 Å². The second-order valence-corrected chi connectivity index (χ2v) is 3.88. The van der Waals surface area contributed by atoms with E-state index < -0.39 is 33.9 Å². The van der Waals surface area contributed by atoms with Gasteiger partial charge in [0.25, 0.3) is 0 Å². The second kappa shape index (κ2) is 3.47. The van der Waals surface area contributed by atoms with Crippen LogP contribution in [-0.4, -0.2) is 36.7 Å². The minimum Gasteiger partial charge on any atom is -0.748 e. The fourth-order valence-corrected chi connectivity index (χ4v) is 1.15. The highest BCUT2D eigenvalue weighted by molar-refractivity contribution is 7.85. The lowest BCUT2D eigenvalue weighted by atomic mass is 10.2. The van der Waals surface area contributed by atoms with Gasteiger partial charge in [-0.25, -0.2) is 8.42 Å². The summed E-state index contributed by atoms with van der Waals surface area (Å²) >= 11 is 0. The summed E-state index contributed by atoms with van der Waals surface area (Å²) < 4.78 is 111. The molecule has 0 N–H and O–H groups in total. The molecule has 0 saturated heterocycles. The van der Waals surface area contributed by atoms with Gasteiger partial charge in [0, 0.05) is 0 Å². The van der Waals surface area contributed by atoms with Crippen LogP contribution in [0, 0.1) is 0 Å². The standard InChI is InChI=1S/C4H3F7O3S/c5-2(6,1-15(12,13)14)3(7,8)4(9,10)11/h1H2,(H,12,13,14)/p-1. The molecule has 0 aromatic carbocycles. The average molecular weight is 263 g/mol. The quantitative estimate of drug-likeness (QED) is 0.570. The van der Waals surface area contributed by atoms with Crippen molar-refractivity contribution in [3.8, 4) is 0 Å². The minimum atomic E-state index is -6.64. The van der Waals surface area contributed by atoms with Gasteiger partial charge in [-0.15, -0.1) is 0 Å². The Labute approximate surface area is 78.6 Å². The molecule has 0 atom stereocenters. The molecule has 0 unspecified atom stereocenters. The maximum atomic E-state index is 12.1. The molecule has 0 fully saturated rings. The summed E-state index contributed by atoms with van der Waals surface area (Å²) in [5, 5.41) is 0. The zero-order valence-corrected chi connectivity index (χ0v) is 7.30. The molecule has 3 nitrogen and oxygen atoms in total. The van der Waals surface area contributed by atoms with Crippen LogP contribution in [0.2, 0.25) is 0 Å². The Hall–Kier alpha value is -0.580.